The number of hydrogen-bond donors (Lipinski definition) is 2. The minimum atomic E-state index is -4.57. The van der Waals surface area contributed by atoms with E-state index in [9.17, 15) is 13.2 Å². The number of aromatic nitrogens is 2. The van der Waals surface area contributed by atoms with E-state index in [0.29, 0.717) is 11.4 Å². The normalized spacial score (nSPS) is 12.0. The lowest BCUT2D eigenvalue weighted by molar-refractivity contribution is -0.137. The number of benzene rings is 2. The molecular weight excluding hydrogens is 437 g/mol. The third-order valence-electron chi connectivity index (χ3n) is 5.64. The van der Waals surface area contributed by atoms with Gasteiger partial charge in [-0.05, 0) is 53.6 Å². The van der Waals surface area contributed by atoms with Crippen molar-refractivity contribution in [1.82, 2.24) is 9.97 Å². The average molecular weight is 471 g/mol. The molecule has 0 atom stereocenters. The molecule has 1 aromatic heterocycles. The summed E-state index contributed by atoms with van der Waals surface area (Å²) in [7, 11) is 0. The van der Waals surface area contributed by atoms with Crippen LogP contribution in [-0.2, 0) is 18.0 Å². The second kappa shape index (κ2) is 10.9. The molecule has 0 radical (unpaired) electrons. The maximum Gasteiger partial charge on any atom is 0.421 e. The highest BCUT2D eigenvalue weighted by Gasteiger charge is 2.35. The third kappa shape index (κ3) is 7.20. The van der Waals surface area contributed by atoms with E-state index in [2.05, 4.69) is 48.3 Å². The molecule has 0 aliphatic rings. The van der Waals surface area contributed by atoms with E-state index < -0.39 is 11.7 Å². The number of unbranched alkanes of at least 4 members (excludes halogenated alkanes) is 3. The lowest BCUT2D eigenvalue weighted by Crippen LogP contribution is -2.13. The highest BCUT2D eigenvalue weighted by molar-refractivity contribution is 5.63. The number of nitrogens with one attached hydrogen (secondary N) is 2. The Morgan fingerprint density at radius 1 is 0.794 bits per heavy atom. The number of nitrogens with zero attached hydrogens (tertiary/aromatic N) is 2. The largest absolute Gasteiger partial charge is 0.421 e. The van der Waals surface area contributed by atoms with Gasteiger partial charge in [0, 0.05) is 17.6 Å². The van der Waals surface area contributed by atoms with Gasteiger partial charge in [0.05, 0.1) is 0 Å². The highest BCUT2D eigenvalue weighted by Crippen LogP contribution is 2.35. The molecule has 7 heteroatoms. The van der Waals surface area contributed by atoms with Crippen molar-refractivity contribution in [2.45, 2.75) is 71.4 Å². The topological polar surface area (TPSA) is 49.8 Å². The van der Waals surface area contributed by atoms with Crippen molar-refractivity contribution >= 4 is 23.1 Å². The highest BCUT2D eigenvalue weighted by atomic mass is 19.4. The van der Waals surface area contributed by atoms with Gasteiger partial charge in [-0.1, -0.05) is 71.2 Å². The molecule has 34 heavy (non-hydrogen) atoms. The van der Waals surface area contributed by atoms with Crippen LogP contribution in [0.1, 0.15) is 70.1 Å². The lowest BCUT2D eigenvalue weighted by atomic mass is 9.87. The third-order valence-corrected chi connectivity index (χ3v) is 5.64. The van der Waals surface area contributed by atoms with E-state index >= 15 is 0 Å². The van der Waals surface area contributed by atoms with E-state index in [0.717, 1.165) is 24.6 Å². The molecule has 0 aliphatic carbocycles. The molecule has 3 rings (SSSR count). The molecule has 1 heterocycles. The van der Waals surface area contributed by atoms with Gasteiger partial charge < -0.3 is 10.6 Å². The van der Waals surface area contributed by atoms with Crippen LogP contribution in [0.5, 0.6) is 0 Å². The van der Waals surface area contributed by atoms with Crippen LogP contribution < -0.4 is 10.6 Å². The fourth-order valence-electron chi connectivity index (χ4n) is 3.57. The standard InChI is InChI=1S/C27H33F3N4/c1-5-6-7-8-9-19-10-14-21(15-11-19)32-24-23(27(28,29)30)18-31-25(34-24)33-22-16-12-20(13-17-22)26(2,3)4/h10-18H,5-9H2,1-4H3,(H2,31,32,33,34). The van der Waals surface area contributed by atoms with Gasteiger partial charge in [0.25, 0.3) is 0 Å². The second-order valence-corrected chi connectivity index (χ2v) is 9.54. The van der Waals surface area contributed by atoms with Crippen molar-refractivity contribution < 1.29 is 13.2 Å². The second-order valence-electron chi connectivity index (χ2n) is 9.54. The zero-order chi connectivity index (χ0) is 24.8. The van der Waals surface area contributed by atoms with E-state index in [1.165, 1.54) is 24.8 Å². The first-order chi connectivity index (χ1) is 16.1. The first kappa shape index (κ1) is 25.5. The predicted molar refractivity (Wildman–Crippen MR) is 133 cm³/mol. The molecule has 0 amide bonds. The van der Waals surface area contributed by atoms with E-state index in [1.54, 1.807) is 12.1 Å². The summed E-state index contributed by atoms with van der Waals surface area (Å²) in [6.07, 6.45) is 1.88. The lowest BCUT2D eigenvalue weighted by Gasteiger charge is -2.19. The van der Waals surface area contributed by atoms with Gasteiger partial charge in [0.1, 0.15) is 11.4 Å². The molecule has 3 aromatic rings. The summed E-state index contributed by atoms with van der Waals surface area (Å²) in [5, 5.41) is 5.83. The summed E-state index contributed by atoms with van der Waals surface area (Å²) in [6.45, 7) is 8.52. The van der Waals surface area contributed by atoms with Crippen LogP contribution in [0.2, 0.25) is 0 Å². The van der Waals surface area contributed by atoms with E-state index in [-0.39, 0.29) is 17.2 Å². The number of aryl methyl sites for hydroxylation is 1. The maximum atomic E-state index is 13.6. The number of halogens is 3. The van der Waals surface area contributed by atoms with Crippen LogP contribution in [0.15, 0.2) is 54.7 Å². The Kier molecular flexibility index (Phi) is 8.18. The Labute approximate surface area is 200 Å². The molecule has 0 bridgehead atoms. The summed E-state index contributed by atoms with van der Waals surface area (Å²) < 4.78 is 40.8. The van der Waals surface area contributed by atoms with Gasteiger partial charge >= 0.3 is 6.18 Å². The molecule has 0 saturated heterocycles. The summed E-state index contributed by atoms with van der Waals surface area (Å²) in [5.41, 5.74) is 2.66. The zero-order valence-electron chi connectivity index (χ0n) is 20.3. The fraction of sp³-hybridized carbons (Fsp3) is 0.407. The quantitative estimate of drug-likeness (QED) is 0.308. The number of hydrogen-bond acceptors (Lipinski definition) is 4. The Morgan fingerprint density at radius 2 is 1.41 bits per heavy atom. The van der Waals surface area contributed by atoms with Crippen molar-refractivity contribution in [2.75, 3.05) is 10.6 Å². The predicted octanol–water partition coefficient (Wildman–Crippen LogP) is 8.40. The molecular formula is C27H33F3N4. The Balaban J connectivity index is 1.77. The van der Waals surface area contributed by atoms with E-state index in [4.69, 9.17) is 0 Å². The van der Waals surface area contributed by atoms with E-state index in [1.807, 2.05) is 36.4 Å². The minimum absolute atomic E-state index is 0.00549. The summed E-state index contributed by atoms with van der Waals surface area (Å²) >= 11 is 0. The molecule has 2 N–H and O–H groups in total. The molecule has 4 nitrogen and oxygen atoms in total. The van der Waals surface area contributed by atoms with Crippen molar-refractivity contribution in [3.05, 3.63) is 71.4 Å². The summed E-state index contributed by atoms with van der Waals surface area (Å²) in [6, 6.07) is 15.2. The van der Waals surface area contributed by atoms with Crippen LogP contribution >= 0.6 is 0 Å². The molecule has 0 saturated carbocycles. The van der Waals surface area contributed by atoms with Gasteiger partial charge in [0.15, 0.2) is 0 Å². The Hall–Kier alpha value is -3.09. The number of alkyl halides is 3. The summed E-state index contributed by atoms with van der Waals surface area (Å²) in [5.74, 6) is -0.196. The van der Waals surface area contributed by atoms with Crippen molar-refractivity contribution in [2.24, 2.45) is 0 Å². The van der Waals surface area contributed by atoms with Gasteiger partial charge in [-0.3, -0.25) is 0 Å². The SMILES string of the molecule is CCCCCCc1ccc(Nc2nc(Nc3ccc(C(C)(C)C)cc3)ncc2C(F)(F)F)cc1. The monoisotopic (exact) mass is 470 g/mol. The van der Waals surface area contributed by atoms with Gasteiger partial charge in [-0.25, -0.2) is 4.98 Å². The molecule has 0 aliphatic heterocycles. The molecule has 2 aromatic carbocycles. The average Bonchev–Trinajstić information content (AvgIpc) is 2.77. The minimum Gasteiger partial charge on any atom is -0.340 e. The Morgan fingerprint density at radius 3 is 2.00 bits per heavy atom. The number of rotatable bonds is 9. The maximum absolute atomic E-state index is 13.6. The molecule has 0 fully saturated rings. The van der Waals surface area contributed by atoms with Gasteiger partial charge in [-0.2, -0.15) is 18.2 Å². The first-order valence-corrected chi connectivity index (χ1v) is 11.7. The Bertz CT molecular complexity index is 1050. The van der Waals surface area contributed by atoms with Crippen LogP contribution in [0.4, 0.5) is 36.3 Å². The molecule has 182 valence electrons. The first-order valence-electron chi connectivity index (χ1n) is 11.7. The van der Waals surface area contributed by atoms with Gasteiger partial charge in [0.2, 0.25) is 5.95 Å². The zero-order valence-corrected chi connectivity index (χ0v) is 20.3. The van der Waals surface area contributed by atoms with Crippen molar-refractivity contribution in [3.63, 3.8) is 0 Å². The number of anilines is 4. The van der Waals surface area contributed by atoms with Crippen LogP contribution in [0.3, 0.4) is 0 Å². The van der Waals surface area contributed by atoms with Crippen molar-refractivity contribution in [3.8, 4) is 0 Å². The summed E-state index contributed by atoms with van der Waals surface area (Å²) in [4.78, 5) is 8.03. The van der Waals surface area contributed by atoms with Crippen LogP contribution in [0.25, 0.3) is 0 Å². The molecule has 0 unspecified atom stereocenters. The van der Waals surface area contributed by atoms with Crippen LogP contribution in [-0.4, -0.2) is 9.97 Å². The van der Waals surface area contributed by atoms with Crippen LogP contribution in [0, 0.1) is 0 Å². The van der Waals surface area contributed by atoms with Gasteiger partial charge in [-0.15, -0.1) is 0 Å². The molecule has 0 spiro atoms. The fourth-order valence-corrected chi connectivity index (χ4v) is 3.57. The smallest absolute Gasteiger partial charge is 0.340 e. The van der Waals surface area contributed by atoms with Crippen molar-refractivity contribution in [1.29, 1.82) is 0 Å².